The molecule has 8 heteroatoms. The number of hydroxylamine groups is 2. The summed E-state index contributed by atoms with van der Waals surface area (Å²) in [5.41, 5.74) is 3.96. The molecular formula is C25H21ClN4O3. The fourth-order valence-electron chi connectivity index (χ4n) is 3.97. The minimum atomic E-state index is -0.268. The molecule has 0 spiro atoms. The highest BCUT2D eigenvalue weighted by molar-refractivity contribution is 6.30. The van der Waals surface area contributed by atoms with E-state index in [4.69, 9.17) is 21.2 Å². The van der Waals surface area contributed by atoms with Gasteiger partial charge >= 0.3 is 0 Å². The number of nitrogens with zero attached hydrogens (tertiary/aromatic N) is 4. The van der Waals surface area contributed by atoms with E-state index < -0.39 is 0 Å². The van der Waals surface area contributed by atoms with Crippen LogP contribution in [-0.4, -0.2) is 40.2 Å². The molecule has 0 saturated heterocycles. The molecule has 1 aliphatic rings. The summed E-state index contributed by atoms with van der Waals surface area (Å²) < 4.78 is 7.54. The van der Waals surface area contributed by atoms with Crippen LogP contribution in [-0.2, 0) is 11.4 Å². The number of amides is 1. The zero-order chi connectivity index (χ0) is 22.9. The Morgan fingerprint density at radius 3 is 2.70 bits per heavy atom. The number of hydrogen-bond acceptors (Lipinski definition) is 5. The Kier molecular flexibility index (Phi) is 5.48. The molecule has 0 bridgehead atoms. The van der Waals surface area contributed by atoms with E-state index in [1.54, 1.807) is 19.4 Å². The van der Waals surface area contributed by atoms with Crippen molar-refractivity contribution >= 4 is 34.3 Å². The van der Waals surface area contributed by atoms with Gasteiger partial charge in [0.25, 0.3) is 11.8 Å². The highest BCUT2D eigenvalue weighted by Gasteiger charge is 2.30. The van der Waals surface area contributed by atoms with Crippen LogP contribution in [0.2, 0.25) is 5.02 Å². The van der Waals surface area contributed by atoms with Crippen LogP contribution < -0.4 is 4.74 Å². The van der Waals surface area contributed by atoms with Crippen molar-refractivity contribution in [1.82, 2.24) is 14.6 Å². The van der Waals surface area contributed by atoms with Gasteiger partial charge in [-0.3, -0.25) is 9.78 Å². The minimum Gasteiger partial charge on any atom is -0.497 e. The molecule has 0 atom stereocenters. The van der Waals surface area contributed by atoms with E-state index in [0.29, 0.717) is 34.5 Å². The smallest absolute Gasteiger partial charge is 0.290 e. The van der Waals surface area contributed by atoms with Gasteiger partial charge in [0.15, 0.2) is 6.67 Å². The molecule has 4 aromatic rings. The van der Waals surface area contributed by atoms with E-state index in [0.717, 1.165) is 22.2 Å². The second-order valence-electron chi connectivity index (χ2n) is 7.65. The number of carbonyl (C=O) groups is 1. The molecule has 0 aliphatic carbocycles. The second kappa shape index (κ2) is 8.60. The summed E-state index contributed by atoms with van der Waals surface area (Å²) >= 11 is 6.05. The molecule has 3 heterocycles. The largest absolute Gasteiger partial charge is 0.497 e. The van der Waals surface area contributed by atoms with Crippen molar-refractivity contribution < 1.29 is 14.4 Å². The summed E-state index contributed by atoms with van der Waals surface area (Å²) in [5.74, 6) is 0.729. The van der Waals surface area contributed by atoms with Gasteiger partial charge in [0.2, 0.25) is 0 Å². The Hall–Kier alpha value is -3.84. The zero-order valence-electron chi connectivity index (χ0n) is 18.2. The Morgan fingerprint density at radius 2 is 1.97 bits per heavy atom. The van der Waals surface area contributed by atoms with Crippen molar-refractivity contribution in [3.8, 4) is 5.75 Å². The van der Waals surface area contributed by atoms with E-state index in [1.807, 2.05) is 61.5 Å². The number of ether oxygens (including phenoxy) is 1. The average molecular weight is 461 g/mol. The van der Waals surface area contributed by atoms with Gasteiger partial charge in [-0.15, -0.1) is 5.06 Å². The minimum absolute atomic E-state index is 0.0952. The standard InChI is InChI=1S/C25H21ClN4O3/c1-16-23(25(31)30-15-28-24(33-30)21-5-3-4-12-27-21)20-13-19(32-2)10-11-22(20)29(16)14-17-6-8-18(26)9-7-17/h3-13H,14-15H2,1-2H3. The first kappa shape index (κ1) is 21.0. The Bertz CT molecular complexity index is 1360. The van der Waals surface area contributed by atoms with Crippen LogP contribution in [0, 0.1) is 6.92 Å². The molecule has 2 aromatic carbocycles. The number of pyridine rings is 1. The summed E-state index contributed by atoms with van der Waals surface area (Å²) in [6, 6.07) is 18.9. The lowest BCUT2D eigenvalue weighted by molar-refractivity contribution is -0.0251. The highest BCUT2D eigenvalue weighted by Crippen LogP contribution is 2.32. The Morgan fingerprint density at radius 1 is 1.15 bits per heavy atom. The molecule has 2 aromatic heterocycles. The van der Waals surface area contributed by atoms with Crippen LogP contribution in [0.15, 0.2) is 71.9 Å². The van der Waals surface area contributed by atoms with E-state index in [-0.39, 0.29) is 12.6 Å². The van der Waals surface area contributed by atoms with Crippen LogP contribution in [0.5, 0.6) is 5.75 Å². The fourth-order valence-corrected chi connectivity index (χ4v) is 4.10. The molecule has 1 amide bonds. The number of hydrogen-bond donors (Lipinski definition) is 0. The molecule has 0 saturated carbocycles. The molecule has 0 fully saturated rings. The van der Waals surface area contributed by atoms with E-state index in [9.17, 15) is 4.79 Å². The maximum absolute atomic E-state index is 13.6. The van der Waals surface area contributed by atoms with Gasteiger partial charge in [-0.1, -0.05) is 29.8 Å². The molecule has 0 unspecified atom stereocenters. The summed E-state index contributed by atoms with van der Waals surface area (Å²) in [7, 11) is 1.61. The van der Waals surface area contributed by atoms with Gasteiger partial charge in [0.1, 0.15) is 11.4 Å². The molecule has 7 nitrogen and oxygen atoms in total. The second-order valence-corrected chi connectivity index (χ2v) is 8.09. The van der Waals surface area contributed by atoms with E-state index in [2.05, 4.69) is 14.5 Å². The van der Waals surface area contributed by atoms with Gasteiger partial charge in [-0.2, -0.15) is 0 Å². The third-order valence-electron chi connectivity index (χ3n) is 5.65. The predicted octanol–water partition coefficient (Wildman–Crippen LogP) is 4.85. The quantitative estimate of drug-likeness (QED) is 0.427. The first-order chi connectivity index (χ1) is 16.0. The van der Waals surface area contributed by atoms with Crippen LogP contribution >= 0.6 is 11.6 Å². The number of methoxy groups -OCH3 is 1. The lowest BCUT2D eigenvalue weighted by Gasteiger charge is -2.15. The third-order valence-corrected chi connectivity index (χ3v) is 5.90. The molecule has 166 valence electrons. The number of aromatic nitrogens is 2. The lowest BCUT2D eigenvalue weighted by Crippen LogP contribution is -2.29. The zero-order valence-corrected chi connectivity index (χ0v) is 18.9. The highest BCUT2D eigenvalue weighted by atomic mass is 35.5. The summed E-state index contributed by atoms with van der Waals surface area (Å²) in [5, 5.41) is 2.74. The Labute approximate surface area is 195 Å². The van der Waals surface area contributed by atoms with Crippen molar-refractivity contribution in [3.63, 3.8) is 0 Å². The lowest BCUT2D eigenvalue weighted by atomic mass is 10.1. The van der Waals surface area contributed by atoms with E-state index >= 15 is 0 Å². The number of carbonyl (C=O) groups excluding carboxylic acids is 1. The SMILES string of the molecule is COc1ccc2c(c1)c(C(=O)N1CN=C(c3ccccn3)O1)c(C)n2Cc1ccc(Cl)cc1. The topological polar surface area (TPSA) is 68.9 Å². The summed E-state index contributed by atoms with van der Waals surface area (Å²) in [4.78, 5) is 28.0. The number of rotatable bonds is 5. The van der Waals surface area contributed by atoms with Crippen molar-refractivity contribution in [2.24, 2.45) is 4.99 Å². The third kappa shape index (κ3) is 3.91. The first-order valence-electron chi connectivity index (χ1n) is 10.4. The van der Waals surface area contributed by atoms with Crippen LogP contribution in [0.3, 0.4) is 0 Å². The maximum atomic E-state index is 13.6. The van der Waals surface area contributed by atoms with Gasteiger partial charge in [0.05, 0.1) is 12.7 Å². The molecule has 0 N–H and O–H groups in total. The van der Waals surface area contributed by atoms with Gasteiger partial charge in [-0.05, 0) is 55.0 Å². The molecule has 33 heavy (non-hydrogen) atoms. The molecule has 0 radical (unpaired) electrons. The molecular weight excluding hydrogens is 440 g/mol. The fraction of sp³-hybridized carbons (Fsp3) is 0.160. The van der Waals surface area contributed by atoms with Crippen LogP contribution in [0.4, 0.5) is 0 Å². The Balaban J connectivity index is 1.52. The van der Waals surface area contributed by atoms with Gasteiger partial charge in [0, 0.05) is 34.4 Å². The molecule has 1 aliphatic heterocycles. The summed E-state index contributed by atoms with van der Waals surface area (Å²) in [6.45, 7) is 2.62. The van der Waals surface area contributed by atoms with Crippen molar-refractivity contribution in [2.75, 3.05) is 13.8 Å². The summed E-state index contributed by atoms with van der Waals surface area (Å²) in [6.07, 6.45) is 1.66. The maximum Gasteiger partial charge on any atom is 0.290 e. The van der Waals surface area contributed by atoms with Crippen molar-refractivity contribution in [2.45, 2.75) is 13.5 Å². The average Bonchev–Trinajstić information content (AvgIpc) is 3.44. The van der Waals surface area contributed by atoms with Crippen molar-refractivity contribution in [3.05, 3.63) is 94.4 Å². The normalized spacial score (nSPS) is 13.2. The monoisotopic (exact) mass is 460 g/mol. The van der Waals surface area contributed by atoms with Crippen LogP contribution in [0.1, 0.15) is 27.3 Å². The van der Waals surface area contributed by atoms with Crippen molar-refractivity contribution in [1.29, 1.82) is 0 Å². The number of benzene rings is 2. The van der Waals surface area contributed by atoms with Gasteiger partial charge < -0.3 is 14.1 Å². The van der Waals surface area contributed by atoms with Gasteiger partial charge in [-0.25, -0.2) is 4.99 Å². The number of aliphatic imine (C=N–C) groups is 1. The number of halogens is 1. The molecule has 5 rings (SSSR count). The number of fused-ring (bicyclic) bond motifs is 1. The van der Waals surface area contributed by atoms with Crippen LogP contribution in [0.25, 0.3) is 10.9 Å². The van der Waals surface area contributed by atoms with E-state index in [1.165, 1.54) is 5.06 Å². The predicted molar refractivity (Wildman–Crippen MR) is 127 cm³/mol. The first-order valence-corrected chi connectivity index (χ1v) is 10.8.